The van der Waals surface area contributed by atoms with E-state index in [0.29, 0.717) is 6.10 Å². The molecule has 3 fully saturated rings. The molecule has 3 heteroatoms. The predicted molar refractivity (Wildman–Crippen MR) is 69.2 cm³/mol. The molecule has 3 aliphatic rings. The van der Waals surface area contributed by atoms with Crippen molar-refractivity contribution in [2.45, 2.75) is 50.7 Å². The Morgan fingerprint density at radius 1 is 1.12 bits per heavy atom. The van der Waals surface area contributed by atoms with Gasteiger partial charge in [-0.2, -0.15) is 0 Å². The summed E-state index contributed by atoms with van der Waals surface area (Å²) in [4.78, 5) is 2.67. The lowest BCUT2D eigenvalue weighted by atomic mass is 9.90. The molecule has 0 bridgehead atoms. The Hall–Kier alpha value is -0.120. The standard InChI is InChI=1S/C14H26N2O/c1-2-4-14-13(3-1)16(9-10-17-14)8-7-15-11-12-5-6-12/h12-15H,1-11H2. The first-order valence-corrected chi connectivity index (χ1v) is 7.50. The number of hydrogen-bond acceptors (Lipinski definition) is 3. The Morgan fingerprint density at radius 2 is 2.00 bits per heavy atom. The maximum atomic E-state index is 5.90. The van der Waals surface area contributed by atoms with Gasteiger partial charge in [0.1, 0.15) is 0 Å². The SMILES string of the molecule is C1CCC2C(C1)OCCN2CCNCC1CC1. The van der Waals surface area contributed by atoms with Crippen molar-refractivity contribution in [3.63, 3.8) is 0 Å². The normalized spacial score (nSPS) is 34.6. The molecule has 0 aromatic carbocycles. The highest BCUT2D eigenvalue weighted by Crippen LogP contribution is 2.28. The fourth-order valence-corrected chi connectivity index (χ4v) is 3.31. The van der Waals surface area contributed by atoms with Crippen LogP contribution in [-0.2, 0) is 4.74 Å². The van der Waals surface area contributed by atoms with Crippen LogP contribution in [-0.4, -0.2) is 49.8 Å². The molecule has 2 aliphatic carbocycles. The van der Waals surface area contributed by atoms with E-state index in [2.05, 4.69) is 10.2 Å². The van der Waals surface area contributed by atoms with E-state index in [9.17, 15) is 0 Å². The molecule has 17 heavy (non-hydrogen) atoms. The summed E-state index contributed by atoms with van der Waals surface area (Å²) in [5.74, 6) is 1.00. The molecule has 0 spiro atoms. The molecule has 2 saturated carbocycles. The van der Waals surface area contributed by atoms with E-state index in [1.165, 1.54) is 58.2 Å². The van der Waals surface area contributed by atoms with Gasteiger partial charge in [-0.15, -0.1) is 0 Å². The second-order valence-electron chi connectivity index (χ2n) is 5.94. The number of rotatable bonds is 5. The van der Waals surface area contributed by atoms with Gasteiger partial charge < -0.3 is 10.1 Å². The second kappa shape index (κ2) is 5.68. The summed E-state index contributed by atoms with van der Waals surface area (Å²) < 4.78 is 5.90. The summed E-state index contributed by atoms with van der Waals surface area (Å²) in [6.45, 7) is 5.73. The highest BCUT2D eigenvalue weighted by Gasteiger charge is 2.33. The number of fused-ring (bicyclic) bond motifs is 1. The number of nitrogens with zero attached hydrogens (tertiary/aromatic N) is 1. The van der Waals surface area contributed by atoms with Crippen LogP contribution in [0.2, 0.25) is 0 Å². The first-order valence-electron chi connectivity index (χ1n) is 7.50. The summed E-state index contributed by atoms with van der Waals surface area (Å²) in [5, 5.41) is 3.61. The number of ether oxygens (including phenoxy) is 1. The maximum absolute atomic E-state index is 5.90. The van der Waals surface area contributed by atoms with Crippen molar-refractivity contribution in [3.8, 4) is 0 Å². The molecule has 0 aromatic heterocycles. The van der Waals surface area contributed by atoms with Crippen LogP contribution in [0.3, 0.4) is 0 Å². The highest BCUT2D eigenvalue weighted by molar-refractivity contribution is 4.87. The number of hydrogen-bond donors (Lipinski definition) is 1. The Labute approximate surface area is 105 Å². The monoisotopic (exact) mass is 238 g/mol. The molecule has 1 aliphatic heterocycles. The fourth-order valence-electron chi connectivity index (χ4n) is 3.31. The van der Waals surface area contributed by atoms with Gasteiger partial charge in [0, 0.05) is 25.7 Å². The molecular weight excluding hydrogens is 212 g/mol. The Kier molecular flexibility index (Phi) is 3.99. The molecular formula is C14H26N2O. The van der Waals surface area contributed by atoms with Gasteiger partial charge in [-0.25, -0.2) is 0 Å². The Bertz CT molecular complexity index is 240. The minimum atomic E-state index is 0.543. The van der Waals surface area contributed by atoms with Crippen LogP contribution >= 0.6 is 0 Å². The van der Waals surface area contributed by atoms with Gasteiger partial charge in [0.15, 0.2) is 0 Å². The van der Waals surface area contributed by atoms with Crippen molar-refractivity contribution < 1.29 is 4.74 Å². The van der Waals surface area contributed by atoms with Crippen molar-refractivity contribution >= 4 is 0 Å². The predicted octanol–water partition coefficient (Wildman–Crippen LogP) is 1.63. The van der Waals surface area contributed by atoms with E-state index in [4.69, 9.17) is 4.74 Å². The van der Waals surface area contributed by atoms with E-state index in [1.807, 2.05) is 0 Å². The Balaban J connectivity index is 1.40. The smallest absolute Gasteiger partial charge is 0.0730 e. The van der Waals surface area contributed by atoms with Crippen molar-refractivity contribution in [1.82, 2.24) is 10.2 Å². The van der Waals surface area contributed by atoms with Crippen LogP contribution in [0.1, 0.15) is 38.5 Å². The lowest BCUT2D eigenvalue weighted by Crippen LogP contribution is -2.54. The van der Waals surface area contributed by atoms with Crippen molar-refractivity contribution in [2.75, 3.05) is 32.8 Å². The van der Waals surface area contributed by atoms with Crippen LogP contribution in [0.4, 0.5) is 0 Å². The van der Waals surface area contributed by atoms with Crippen LogP contribution < -0.4 is 5.32 Å². The van der Waals surface area contributed by atoms with Crippen LogP contribution in [0.25, 0.3) is 0 Å². The molecule has 1 saturated heterocycles. The molecule has 98 valence electrons. The maximum Gasteiger partial charge on any atom is 0.0730 e. The largest absolute Gasteiger partial charge is 0.375 e. The molecule has 2 atom stereocenters. The summed E-state index contributed by atoms with van der Waals surface area (Å²) >= 11 is 0. The minimum absolute atomic E-state index is 0.543. The number of morpholine rings is 1. The summed E-state index contributed by atoms with van der Waals surface area (Å²) in [5.41, 5.74) is 0. The quantitative estimate of drug-likeness (QED) is 0.737. The molecule has 0 amide bonds. The fraction of sp³-hybridized carbons (Fsp3) is 1.00. The zero-order valence-corrected chi connectivity index (χ0v) is 10.9. The summed E-state index contributed by atoms with van der Waals surface area (Å²) in [6, 6.07) is 0.722. The molecule has 3 nitrogen and oxygen atoms in total. The van der Waals surface area contributed by atoms with Crippen molar-refractivity contribution in [3.05, 3.63) is 0 Å². The van der Waals surface area contributed by atoms with Crippen LogP contribution in [0.5, 0.6) is 0 Å². The molecule has 1 N–H and O–H groups in total. The zero-order chi connectivity index (χ0) is 11.5. The first-order chi connectivity index (χ1) is 8.43. The van der Waals surface area contributed by atoms with Gasteiger partial charge in [0.25, 0.3) is 0 Å². The number of nitrogens with one attached hydrogen (secondary N) is 1. The van der Waals surface area contributed by atoms with Gasteiger partial charge in [0.2, 0.25) is 0 Å². The van der Waals surface area contributed by atoms with Gasteiger partial charge in [-0.1, -0.05) is 12.8 Å². The first kappa shape index (κ1) is 11.9. The molecule has 0 radical (unpaired) electrons. The molecule has 0 aromatic rings. The van der Waals surface area contributed by atoms with E-state index in [0.717, 1.165) is 25.1 Å². The second-order valence-corrected chi connectivity index (χ2v) is 5.94. The molecule has 2 unspecified atom stereocenters. The third-order valence-electron chi connectivity index (χ3n) is 4.55. The molecule has 1 heterocycles. The zero-order valence-electron chi connectivity index (χ0n) is 10.9. The third kappa shape index (κ3) is 3.21. The van der Waals surface area contributed by atoms with Gasteiger partial charge in [-0.05, 0) is 38.1 Å². The summed E-state index contributed by atoms with van der Waals surface area (Å²) in [7, 11) is 0. The van der Waals surface area contributed by atoms with Crippen LogP contribution in [0.15, 0.2) is 0 Å². The summed E-state index contributed by atoms with van der Waals surface area (Å²) in [6.07, 6.45) is 8.86. The third-order valence-corrected chi connectivity index (χ3v) is 4.55. The van der Waals surface area contributed by atoms with Gasteiger partial charge in [-0.3, -0.25) is 4.90 Å². The highest BCUT2D eigenvalue weighted by atomic mass is 16.5. The van der Waals surface area contributed by atoms with Crippen molar-refractivity contribution in [1.29, 1.82) is 0 Å². The minimum Gasteiger partial charge on any atom is -0.375 e. The lowest BCUT2D eigenvalue weighted by Gasteiger charge is -2.43. The molecule has 3 rings (SSSR count). The van der Waals surface area contributed by atoms with E-state index >= 15 is 0 Å². The Morgan fingerprint density at radius 3 is 2.88 bits per heavy atom. The van der Waals surface area contributed by atoms with Gasteiger partial charge in [0.05, 0.1) is 12.7 Å². The average Bonchev–Trinajstić information content (AvgIpc) is 3.19. The van der Waals surface area contributed by atoms with Crippen molar-refractivity contribution in [2.24, 2.45) is 5.92 Å². The van der Waals surface area contributed by atoms with Crippen LogP contribution in [0, 0.1) is 5.92 Å². The van der Waals surface area contributed by atoms with Gasteiger partial charge >= 0.3 is 0 Å². The topological polar surface area (TPSA) is 24.5 Å². The lowest BCUT2D eigenvalue weighted by molar-refractivity contribution is -0.0873. The van der Waals surface area contributed by atoms with E-state index in [-0.39, 0.29) is 0 Å². The van der Waals surface area contributed by atoms with E-state index < -0.39 is 0 Å². The van der Waals surface area contributed by atoms with E-state index in [1.54, 1.807) is 0 Å². The average molecular weight is 238 g/mol.